The number of carbonyl (C=O) groups is 1. The van der Waals surface area contributed by atoms with Crippen molar-refractivity contribution < 1.29 is 22.1 Å². The van der Waals surface area contributed by atoms with Crippen molar-refractivity contribution in [2.75, 3.05) is 12.8 Å². The molecule has 0 fully saturated rings. The highest BCUT2D eigenvalue weighted by molar-refractivity contribution is 7.91. The molecule has 6 nitrogen and oxygen atoms in total. The summed E-state index contributed by atoms with van der Waals surface area (Å²) in [4.78, 5) is 13.4. The van der Waals surface area contributed by atoms with Gasteiger partial charge < -0.3 is 9.42 Å². The summed E-state index contributed by atoms with van der Waals surface area (Å²) < 4.78 is 42.6. The molecule has 2 aromatic rings. The quantitative estimate of drug-likeness (QED) is 0.793. The zero-order valence-corrected chi connectivity index (χ0v) is 14.6. The van der Waals surface area contributed by atoms with E-state index in [1.807, 2.05) is 0 Å². The molecule has 0 aliphatic heterocycles. The summed E-state index contributed by atoms with van der Waals surface area (Å²) in [6, 6.07) is 5.82. The molecule has 1 amide bonds. The van der Waals surface area contributed by atoms with Crippen LogP contribution in [0.2, 0.25) is 0 Å². The summed E-state index contributed by atoms with van der Waals surface area (Å²) in [7, 11) is -2.17. The first-order valence-electron chi connectivity index (χ1n) is 7.28. The molecule has 1 aromatic carbocycles. The van der Waals surface area contributed by atoms with E-state index < -0.39 is 27.3 Å². The molecular formula is C16H19FN2O4S. The molecule has 24 heavy (non-hydrogen) atoms. The molecule has 0 radical (unpaired) electrons. The van der Waals surface area contributed by atoms with E-state index in [2.05, 4.69) is 5.16 Å². The Bertz CT molecular complexity index is 826. The number of halogens is 1. The predicted molar refractivity (Wildman–Crippen MR) is 86.3 cm³/mol. The number of hydrogen-bond acceptors (Lipinski definition) is 5. The van der Waals surface area contributed by atoms with Crippen molar-refractivity contribution in [1.29, 1.82) is 0 Å². The maximum Gasteiger partial charge on any atom is 0.237 e. The third kappa shape index (κ3) is 4.64. The number of aromatic nitrogens is 1. The lowest BCUT2D eigenvalue weighted by molar-refractivity contribution is -0.127. The van der Waals surface area contributed by atoms with E-state index in [0.717, 1.165) is 0 Å². The molecule has 1 heterocycles. The van der Waals surface area contributed by atoms with Crippen molar-refractivity contribution >= 4 is 15.7 Å². The number of hydrogen-bond donors (Lipinski definition) is 0. The maximum atomic E-state index is 13.2. The minimum atomic E-state index is -3.66. The molecule has 0 saturated carbocycles. The molecule has 2 rings (SSSR count). The van der Waals surface area contributed by atoms with E-state index in [0.29, 0.717) is 22.6 Å². The van der Waals surface area contributed by atoms with Gasteiger partial charge in [0.15, 0.2) is 9.84 Å². The molecule has 0 spiro atoms. The number of rotatable bonds is 6. The van der Waals surface area contributed by atoms with Crippen molar-refractivity contribution in [3.05, 3.63) is 52.7 Å². The van der Waals surface area contributed by atoms with Crippen LogP contribution in [0.3, 0.4) is 0 Å². The van der Waals surface area contributed by atoms with E-state index in [4.69, 9.17) is 4.52 Å². The van der Waals surface area contributed by atoms with E-state index >= 15 is 0 Å². The number of carbonyl (C=O) groups excluding carboxylic acids is 1. The standard InChI is InChI=1S/C16H19FN2O4S/c1-11-15(12(2)23-18-11)9-24(21,22)10-16(20)19(3)8-13-5-4-6-14(17)7-13/h4-7H,8-10H2,1-3H3. The van der Waals surface area contributed by atoms with Gasteiger partial charge in [-0.3, -0.25) is 4.79 Å². The Kier molecular flexibility index (Phi) is 5.38. The number of sulfone groups is 1. The van der Waals surface area contributed by atoms with E-state index in [1.54, 1.807) is 19.9 Å². The average molecular weight is 354 g/mol. The zero-order valence-electron chi connectivity index (χ0n) is 13.7. The van der Waals surface area contributed by atoms with Crippen molar-refractivity contribution in [3.63, 3.8) is 0 Å². The number of aryl methyl sites for hydroxylation is 2. The van der Waals surface area contributed by atoms with E-state index in [-0.39, 0.29) is 12.3 Å². The largest absolute Gasteiger partial charge is 0.361 e. The topological polar surface area (TPSA) is 80.5 Å². The lowest BCUT2D eigenvalue weighted by atomic mass is 10.2. The molecule has 0 aliphatic carbocycles. The molecule has 0 saturated heterocycles. The Morgan fingerprint density at radius 2 is 2.04 bits per heavy atom. The summed E-state index contributed by atoms with van der Waals surface area (Å²) in [6.07, 6.45) is 0. The molecule has 0 bridgehead atoms. The Hall–Kier alpha value is -2.22. The fraction of sp³-hybridized carbons (Fsp3) is 0.375. The molecule has 0 aliphatic rings. The summed E-state index contributed by atoms with van der Waals surface area (Å²) in [5, 5.41) is 3.71. The van der Waals surface area contributed by atoms with Crippen molar-refractivity contribution in [3.8, 4) is 0 Å². The average Bonchev–Trinajstić information content (AvgIpc) is 2.78. The van der Waals surface area contributed by atoms with Crippen LogP contribution in [0.4, 0.5) is 4.39 Å². The van der Waals surface area contributed by atoms with Gasteiger partial charge in [0.1, 0.15) is 17.3 Å². The molecule has 1 aromatic heterocycles. The van der Waals surface area contributed by atoms with Crippen LogP contribution < -0.4 is 0 Å². The summed E-state index contributed by atoms with van der Waals surface area (Å²) in [5.41, 5.74) is 1.57. The SMILES string of the molecule is Cc1noc(C)c1CS(=O)(=O)CC(=O)N(C)Cc1cccc(F)c1. The highest BCUT2D eigenvalue weighted by Gasteiger charge is 2.23. The second-order valence-corrected chi connectivity index (χ2v) is 7.78. The van der Waals surface area contributed by atoms with Gasteiger partial charge in [0, 0.05) is 19.2 Å². The lowest BCUT2D eigenvalue weighted by Gasteiger charge is -2.17. The monoisotopic (exact) mass is 354 g/mol. The minimum absolute atomic E-state index is 0.136. The van der Waals surface area contributed by atoms with Gasteiger partial charge in [-0.25, -0.2) is 12.8 Å². The molecular weight excluding hydrogens is 335 g/mol. The normalized spacial score (nSPS) is 11.5. The van der Waals surface area contributed by atoms with Gasteiger partial charge in [0.25, 0.3) is 0 Å². The van der Waals surface area contributed by atoms with Gasteiger partial charge in [0.2, 0.25) is 5.91 Å². The second-order valence-electron chi connectivity index (χ2n) is 5.71. The van der Waals surface area contributed by atoms with Crippen LogP contribution in [0, 0.1) is 19.7 Å². The first-order valence-corrected chi connectivity index (χ1v) is 9.10. The van der Waals surface area contributed by atoms with Gasteiger partial charge >= 0.3 is 0 Å². The van der Waals surface area contributed by atoms with Crippen LogP contribution >= 0.6 is 0 Å². The van der Waals surface area contributed by atoms with Crippen LogP contribution in [0.1, 0.15) is 22.6 Å². The number of amides is 1. The smallest absolute Gasteiger partial charge is 0.237 e. The Morgan fingerprint density at radius 3 is 2.62 bits per heavy atom. The Balaban J connectivity index is 2.02. The fourth-order valence-corrected chi connectivity index (χ4v) is 3.83. The van der Waals surface area contributed by atoms with Crippen LogP contribution in [-0.4, -0.2) is 37.2 Å². The van der Waals surface area contributed by atoms with Crippen LogP contribution in [-0.2, 0) is 26.9 Å². The van der Waals surface area contributed by atoms with E-state index in [9.17, 15) is 17.6 Å². The van der Waals surface area contributed by atoms with Crippen molar-refractivity contribution in [2.45, 2.75) is 26.1 Å². The Labute approximate surface area is 140 Å². The molecule has 0 atom stereocenters. The van der Waals surface area contributed by atoms with Crippen LogP contribution in [0.5, 0.6) is 0 Å². The fourth-order valence-electron chi connectivity index (χ4n) is 2.27. The number of nitrogens with zero attached hydrogens (tertiary/aromatic N) is 2. The highest BCUT2D eigenvalue weighted by Crippen LogP contribution is 2.16. The number of benzene rings is 1. The summed E-state index contributed by atoms with van der Waals surface area (Å²) in [6.45, 7) is 3.42. The molecule has 8 heteroatoms. The third-order valence-electron chi connectivity index (χ3n) is 3.62. The first kappa shape index (κ1) is 18.1. The third-order valence-corrected chi connectivity index (χ3v) is 5.04. The highest BCUT2D eigenvalue weighted by atomic mass is 32.2. The van der Waals surface area contributed by atoms with Crippen LogP contribution in [0.25, 0.3) is 0 Å². The van der Waals surface area contributed by atoms with Crippen molar-refractivity contribution in [1.82, 2.24) is 10.1 Å². The lowest BCUT2D eigenvalue weighted by Crippen LogP contribution is -2.32. The molecule has 130 valence electrons. The maximum absolute atomic E-state index is 13.2. The van der Waals surface area contributed by atoms with Crippen LogP contribution in [0.15, 0.2) is 28.8 Å². The molecule has 0 unspecified atom stereocenters. The van der Waals surface area contributed by atoms with Gasteiger partial charge in [-0.05, 0) is 31.5 Å². The van der Waals surface area contributed by atoms with Gasteiger partial charge in [0.05, 0.1) is 11.4 Å². The van der Waals surface area contributed by atoms with Gasteiger partial charge in [-0.1, -0.05) is 17.3 Å². The van der Waals surface area contributed by atoms with Gasteiger partial charge in [-0.15, -0.1) is 0 Å². The molecule has 0 N–H and O–H groups in total. The second kappa shape index (κ2) is 7.12. The van der Waals surface area contributed by atoms with Gasteiger partial charge in [-0.2, -0.15) is 0 Å². The summed E-state index contributed by atoms with van der Waals surface area (Å²) >= 11 is 0. The minimum Gasteiger partial charge on any atom is -0.361 e. The predicted octanol–water partition coefficient (Wildman–Crippen LogP) is 2.00. The summed E-state index contributed by atoms with van der Waals surface area (Å²) in [5.74, 6) is -1.45. The first-order chi connectivity index (χ1) is 11.2. The van der Waals surface area contributed by atoms with Crippen molar-refractivity contribution in [2.24, 2.45) is 0 Å². The van der Waals surface area contributed by atoms with E-state index in [1.165, 1.54) is 30.1 Å². The Morgan fingerprint density at radius 1 is 1.33 bits per heavy atom. The zero-order chi connectivity index (χ0) is 17.9.